The van der Waals surface area contributed by atoms with Crippen LogP contribution >= 0.6 is 0 Å². The zero-order valence-electron chi connectivity index (χ0n) is 11.7. The van der Waals surface area contributed by atoms with Crippen LogP contribution in [0.3, 0.4) is 0 Å². The fourth-order valence-corrected chi connectivity index (χ4v) is 2.25. The first-order valence-electron chi connectivity index (χ1n) is 6.53. The van der Waals surface area contributed by atoms with E-state index in [-0.39, 0.29) is 18.3 Å². The molecule has 0 saturated carbocycles. The van der Waals surface area contributed by atoms with E-state index in [1.165, 1.54) is 12.3 Å². The van der Waals surface area contributed by atoms with Crippen molar-refractivity contribution in [3.8, 4) is 0 Å². The number of anilines is 1. The Morgan fingerprint density at radius 2 is 2.11 bits per heavy atom. The third kappa shape index (κ3) is 3.64. The molecule has 0 radical (unpaired) electrons. The first-order valence-corrected chi connectivity index (χ1v) is 6.53. The number of aliphatic hydroxyl groups excluding tert-OH is 1. The maximum Gasteiger partial charge on any atom is 0.287 e. The summed E-state index contributed by atoms with van der Waals surface area (Å²) in [5, 5.41) is 19.9. The molecule has 6 heteroatoms. The standard InChI is InChI=1S/C13H21N3O3/c1-4-11(5-2)15(6-7-17)13-10(3)8-12(9-14-13)16(18)19/h8-9,11,17H,4-7H2,1-3H3. The topological polar surface area (TPSA) is 79.5 Å². The average molecular weight is 267 g/mol. The Labute approximate surface area is 113 Å². The van der Waals surface area contributed by atoms with Gasteiger partial charge >= 0.3 is 0 Å². The van der Waals surface area contributed by atoms with Crippen LogP contribution in [0.5, 0.6) is 0 Å². The lowest BCUT2D eigenvalue weighted by Crippen LogP contribution is -2.37. The van der Waals surface area contributed by atoms with Gasteiger partial charge in [-0.3, -0.25) is 10.1 Å². The van der Waals surface area contributed by atoms with Crippen LogP contribution in [-0.2, 0) is 0 Å². The summed E-state index contributed by atoms with van der Waals surface area (Å²) in [5.74, 6) is 0.716. The largest absolute Gasteiger partial charge is 0.395 e. The Balaban J connectivity index is 3.12. The summed E-state index contributed by atoms with van der Waals surface area (Å²) in [5.41, 5.74) is 0.754. The van der Waals surface area contributed by atoms with E-state index in [1.807, 2.05) is 11.8 Å². The van der Waals surface area contributed by atoms with Crippen molar-refractivity contribution in [3.63, 3.8) is 0 Å². The highest BCUT2D eigenvalue weighted by molar-refractivity contribution is 5.51. The van der Waals surface area contributed by atoms with Crippen molar-refractivity contribution in [1.29, 1.82) is 0 Å². The molecule has 1 N–H and O–H groups in total. The number of pyridine rings is 1. The fraction of sp³-hybridized carbons (Fsp3) is 0.615. The predicted molar refractivity (Wildman–Crippen MR) is 74.4 cm³/mol. The number of aromatic nitrogens is 1. The Hall–Kier alpha value is -1.69. The molecule has 1 aromatic rings. The molecule has 1 rings (SSSR count). The van der Waals surface area contributed by atoms with Gasteiger partial charge in [-0.25, -0.2) is 4.98 Å². The van der Waals surface area contributed by atoms with Crippen LogP contribution in [0, 0.1) is 17.0 Å². The van der Waals surface area contributed by atoms with Gasteiger partial charge in [-0.2, -0.15) is 0 Å². The lowest BCUT2D eigenvalue weighted by atomic mass is 10.1. The summed E-state index contributed by atoms with van der Waals surface area (Å²) in [4.78, 5) is 16.5. The smallest absolute Gasteiger partial charge is 0.287 e. The van der Waals surface area contributed by atoms with Gasteiger partial charge in [-0.1, -0.05) is 13.8 Å². The number of nitro groups is 1. The minimum Gasteiger partial charge on any atom is -0.395 e. The van der Waals surface area contributed by atoms with Crippen molar-refractivity contribution in [3.05, 3.63) is 27.9 Å². The Morgan fingerprint density at radius 3 is 2.53 bits per heavy atom. The lowest BCUT2D eigenvalue weighted by molar-refractivity contribution is -0.385. The SMILES string of the molecule is CCC(CC)N(CCO)c1ncc([N+](=O)[O-])cc1C. The summed E-state index contributed by atoms with van der Waals surface area (Å²) in [6, 6.07) is 1.80. The first-order chi connectivity index (χ1) is 9.04. The van der Waals surface area contributed by atoms with Gasteiger partial charge in [-0.05, 0) is 25.3 Å². The molecule has 106 valence electrons. The second-order valence-corrected chi connectivity index (χ2v) is 4.48. The molecule has 6 nitrogen and oxygen atoms in total. The molecule has 1 aromatic heterocycles. The minimum absolute atomic E-state index is 0.00487. The summed E-state index contributed by atoms with van der Waals surface area (Å²) < 4.78 is 0. The number of rotatable bonds is 7. The molecule has 0 atom stereocenters. The van der Waals surface area contributed by atoms with E-state index in [4.69, 9.17) is 0 Å². The molecule has 1 heterocycles. The highest BCUT2D eigenvalue weighted by atomic mass is 16.6. The molecule has 0 unspecified atom stereocenters. The minimum atomic E-state index is -0.447. The number of hydrogen-bond donors (Lipinski definition) is 1. The van der Waals surface area contributed by atoms with E-state index in [2.05, 4.69) is 18.8 Å². The second-order valence-electron chi connectivity index (χ2n) is 4.48. The van der Waals surface area contributed by atoms with Crippen LogP contribution in [-0.4, -0.2) is 34.2 Å². The molecule has 0 amide bonds. The number of aryl methyl sites for hydroxylation is 1. The van der Waals surface area contributed by atoms with Gasteiger partial charge in [0.05, 0.1) is 11.5 Å². The van der Waals surface area contributed by atoms with Crippen LogP contribution in [0.1, 0.15) is 32.3 Å². The van der Waals surface area contributed by atoms with Gasteiger partial charge in [0.2, 0.25) is 0 Å². The Morgan fingerprint density at radius 1 is 1.47 bits per heavy atom. The zero-order valence-corrected chi connectivity index (χ0v) is 11.7. The molecule has 0 aliphatic heterocycles. The first kappa shape index (κ1) is 15.4. The maximum atomic E-state index is 10.7. The van der Waals surface area contributed by atoms with E-state index in [0.29, 0.717) is 12.4 Å². The second kappa shape index (κ2) is 7.04. The van der Waals surface area contributed by atoms with E-state index >= 15 is 0 Å². The summed E-state index contributed by atoms with van der Waals surface area (Å²) >= 11 is 0. The fourth-order valence-electron chi connectivity index (χ4n) is 2.25. The van der Waals surface area contributed by atoms with Gasteiger partial charge in [0.25, 0.3) is 5.69 Å². The van der Waals surface area contributed by atoms with E-state index in [1.54, 1.807) is 0 Å². The highest BCUT2D eigenvalue weighted by Crippen LogP contribution is 2.24. The van der Waals surface area contributed by atoms with Gasteiger partial charge in [0.15, 0.2) is 0 Å². The van der Waals surface area contributed by atoms with E-state index < -0.39 is 4.92 Å². The monoisotopic (exact) mass is 267 g/mol. The lowest BCUT2D eigenvalue weighted by Gasteiger charge is -2.32. The van der Waals surface area contributed by atoms with Crippen LogP contribution in [0.15, 0.2) is 12.3 Å². The van der Waals surface area contributed by atoms with Gasteiger partial charge in [0.1, 0.15) is 12.0 Å². The summed E-state index contributed by atoms with van der Waals surface area (Å²) in [7, 11) is 0. The molecule has 0 saturated heterocycles. The molecule has 0 aliphatic carbocycles. The zero-order chi connectivity index (χ0) is 14.4. The van der Waals surface area contributed by atoms with E-state index in [0.717, 1.165) is 18.4 Å². The predicted octanol–water partition coefficient (Wildman–Crippen LogP) is 2.29. The number of nitrogens with zero attached hydrogens (tertiary/aromatic N) is 3. The van der Waals surface area contributed by atoms with Crippen molar-refractivity contribution in [2.75, 3.05) is 18.1 Å². The Bertz CT molecular complexity index is 433. The highest BCUT2D eigenvalue weighted by Gasteiger charge is 2.20. The maximum absolute atomic E-state index is 10.7. The van der Waals surface area contributed by atoms with Crippen molar-refractivity contribution in [2.45, 2.75) is 39.7 Å². The van der Waals surface area contributed by atoms with Crippen LogP contribution < -0.4 is 4.90 Å². The van der Waals surface area contributed by atoms with Gasteiger partial charge in [0, 0.05) is 18.7 Å². The van der Waals surface area contributed by atoms with Crippen molar-refractivity contribution >= 4 is 11.5 Å². The van der Waals surface area contributed by atoms with Crippen LogP contribution in [0.4, 0.5) is 11.5 Å². The average Bonchev–Trinajstić information content (AvgIpc) is 2.39. The van der Waals surface area contributed by atoms with Crippen molar-refractivity contribution in [2.24, 2.45) is 0 Å². The quantitative estimate of drug-likeness (QED) is 0.605. The summed E-state index contributed by atoms with van der Waals surface area (Å²) in [6.45, 7) is 6.49. The molecule has 0 bridgehead atoms. The van der Waals surface area contributed by atoms with Crippen LogP contribution in [0.25, 0.3) is 0 Å². The molecule has 0 aliphatic rings. The molecule has 0 aromatic carbocycles. The van der Waals surface area contributed by atoms with Gasteiger partial charge in [-0.15, -0.1) is 0 Å². The van der Waals surface area contributed by atoms with Gasteiger partial charge < -0.3 is 10.0 Å². The molecule has 0 fully saturated rings. The van der Waals surface area contributed by atoms with Crippen molar-refractivity contribution in [1.82, 2.24) is 4.98 Å². The number of hydrogen-bond acceptors (Lipinski definition) is 5. The summed E-state index contributed by atoms with van der Waals surface area (Å²) in [6.07, 6.45) is 3.15. The Kier molecular flexibility index (Phi) is 5.69. The normalized spacial score (nSPS) is 10.8. The third-order valence-corrected chi connectivity index (χ3v) is 3.24. The number of aliphatic hydroxyl groups is 1. The molecule has 19 heavy (non-hydrogen) atoms. The van der Waals surface area contributed by atoms with Crippen molar-refractivity contribution < 1.29 is 10.0 Å². The molecular weight excluding hydrogens is 246 g/mol. The molecule has 0 spiro atoms. The van der Waals surface area contributed by atoms with Crippen LogP contribution in [0.2, 0.25) is 0 Å². The molecular formula is C13H21N3O3. The third-order valence-electron chi connectivity index (χ3n) is 3.24. The van der Waals surface area contributed by atoms with E-state index in [9.17, 15) is 15.2 Å².